The molecular formula is C18H20N2O3. The van der Waals surface area contributed by atoms with Crippen molar-refractivity contribution in [2.45, 2.75) is 6.92 Å². The van der Waals surface area contributed by atoms with Crippen LogP contribution in [0.5, 0.6) is 17.2 Å². The number of rotatable bonds is 6. The zero-order valence-corrected chi connectivity index (χ0v) is 13.2. The number of benzene rings is 2. The number of methoxy groups -OCH3 is 1. The minimum Gasteiger partial charge on any atom is -0.507 e. The Bertz CT molecular complexity index is 724. The Morgan fingerprint density at radius 2 is 1.48 bits per heavy atom. The molecule has 2 N–H and O–H groups in total. The summed E-state index contributed by atoms with van der Waals surface area (Å²) < 4.78 is 5.04. The van der Waals surface area contributed by atoms with E-state index in [4.69, 9.17) is 4.74 Å². The van der Waals surface area contributed by atoms with Gasteiger partial charge in [-0.3, -0.25) is 9.98 Å². The van der Waals surface area contributed by atoms with Crippen LogP contribution in [0, 0.1) is 6.92 Å². The first-order chi connectivity index (χ1) is 11.1. The average molecular weight is 312 g/mol. The van der Waals surface area contributed by atoms with E-state index in [9.17, 15) is 10.2 Å². The average Bonchev–Trinajstić information content (AvgIpc) is 2.56. The molecule has 0 aliphatic rings. The van der Waals surface area contributed by atoms with Crippen molar-refractivity contribution >= 4 is 12.4 Å². The van der Waals surface area contributed by atoms with Crippen LogP contribution in [0.3, 0.4) is 0 Å². The van der Waals surface area contributed by atoms with E-state index in [-0.39, 0.29) is 11.5 Å². The summed E-state index contributed by atoms with van der Waals surface area (Å²) in [5.74, 6) is 0.745. The second kappa shape index (κ2) is 7.98. The van der Waals surface area contributed by atoms with Crippen molar-refractivity contribution in [3.05, 3.63) is 53.1 Å². The summed E-state index contributed by atoms with van der Waals surface area (Å²) in [7, 11) is 1.51. The number of ether oxygens (including phenoxy) is 1. The molecular weight excluding hydrogens is 292 g/mol. The maximum Gasteiger partial charge on any atom is 0.166 e. The summed E-state index contributed by atoms with van der Waals surface area (Å²) >= 11 is 0. The van der Waals surface area contributed by atoms with Gasteiger partial charge in [-0.15, -0.1) is 0 Å². The Kier molecular flexibility index (Phi) is 5.74. The van der Waals surface area contributed by atoms with Crippen LogP contribution >= 0.6 is 0 Å². The zero-order chi connectivity index (χ0) is 16.7. The summed E-state index contributed by atoms with van der Waals surface area (Å²) in [6, 6.07) is 10.8. The van der Waals surface area contributed by atoms with Gasteiger partial charge in [0, 0.05) is 23.6 Å². The third-order valence-corrected chi connectivity index (χ3v) is 3.34. The minimum atomic E-state index is 0.0759. The van der Waals surface area contributed by atoms with Crippen LogP contribution in [-0.2, 0) is 0 Å². The van der Waals surface area contributed by atoms with E-state index in [2.05, 4.69) is 9.98 Å². The van der Waals surface area contributed by atoms with Crippen LogP contribution in [-0.4, -0.2) is 42.8 Å². The van der Waals surface area contributed by atoms with Crippen LogP contribution in [0.25, 0.3) is 0 Å². The summed E-state index contributed by atoms with van der Waals surface area (Å²) in [6.45, 7) is 2.83. The lowest BCUT2D eigenvalue weighted by molar-refractivity contribution is 0.373. The molecule has 0 saturated carbocycles. The molecule has 0 radical (unpaired) electrons. The Morgan fingerprint density at radius 3 is 2.09 bits per heavy atom. The van der Waals surface area contributed by atoms with Crippen molar-refractivity contribution in [2.24, 2.45) is 9.98 Å². The van der Waals surface area contributed by atoms with E-state index < -0.39 is 0 Å². The smallest absolute Gasteiger partial charge is 0.166 e. The van der Waals surface area contributed by atoms with E-state index in [0.717, 1.165) is 5.56 Å². The highest BCUT2D eigenvalue weighted by Gasteiger charge is 2.04. The second-order valence-corrected chi connectivity index (χ2v) is 4.98. The SMILES string of the molecule is COc1cccc(C=NCCN=Cc2cccc(C)c2O)c1O. The van der Waals surface area contributed by atoms with Gasteiger partial charge in [0.15, 0.2) is 11.5 Å². The normalized spacial score (nSPS) is 11.4. The first-order valence-corrected chi connectivity index (χ1v) is 7.27. The molecule has 0 heterocycles. The Hall–Kier alpha value is -2.82. The Labute approximate surface area is 135 Å². The molecule has 0 aromatic heterocycles. The predicted molar refractivity (Wildman–Crippen MR) is 92.4 cm³/mol. The lowest BCUT2D eigenvalue weighted by atomic mass is 10.1. The molecule has 2 rings (SSSR count). The van der Waals surface area contributed by atoms with Gasteiger partial charge in [-0.2, -0.15) is 0 Å². The Balaban J connectivity index is 1.90. The molecule has 0 bridgehead atoms. The molecule has 120 valence electrons. The predicted octanol–water partition coefficient (Wildman–Crippen LogP) is 2.95. The first-order valence-electron chi connectivity index (χ1n) is 7.27. The molecule has 0 amide bonds. The quantitative estimate of drug-likeness (QED) is 0.636. The number of hydrogen-bond donors (Lipinski definition) is 2. The van der Waals surface area contributed by atoms with E-state index in [1.165, 1.54) is 7.11 Å². The van der Waals surface area contributed by atoms with Gasteiger partial charge in [-0.05, 0) is 30.7 Å². The topological polar surface area (TPSA) is 74.4 Å². The van der Waals surface area contributed by atoms with Gasteiger partial charge in [0.05, 0.1) is 20.2 Å². The largest absolute Gasteiger partial charge is 0.507 e. The van der Waals surface area contributed by atoms with Crippen LogP contribution in [0.4, 0.5) is 0 Å². The van der Waals surface area contributed by atoms with E-state index in [1.807, 2.05) is 25.1 Å². The van der Waals surface area contributed by atoms with Crippen molar-refractivity contribution in [1.82, 2.24) is 0 Å². The molecule has 2 aromatic rings. The van der Waals surface area contributed by atoms with Gasteiger partial charge < -0.3 is 14.9 Å². The van der Waals surface area contributed by atoms with Gasteiger partial charge in [0.25, 0.3) is 0 Å². The zero-order valence-electron chi connectivity index (χ0n) is 13.2. The number of para-hydroxylation sites is 2. The molecule has 0 unspecified atom stereocenters. The molecule has 0 aliphatic carbocycles. The monoisotopic (exact) mass is 312 g/mol. The fourth-order valence-electron chi connectivity index (χ4n) is 2.04. The number of hydrogen-bond acceptors (Lipinski definition) is 5. The van der Waals surface area contributed by atoms with Crippen LogP contribution in [0.1, 0.15) is 16.7 Å². The third-order valence-electron chi connectivity index (χ3n) is 3.34. The number of aryl methyl sites for hydroxylation is 1. The number of nitrogens with zero attached hydrogens (tertiary/aromatic N) is 2. The van der Waals surface area contributed by atoms with Gasteiger partial charge in [0.1, 0.15) is 5.75 Å². The molecule has 2 aromatic carbocycles. The standard InChI is InChI=1S/C18H20N2O3/c1-13-5-3-6-14(17(13)21)11-19-9-10-20-12-15-7-4-8-16(23-2)18(15)22/h3-8,11-12,21-22H,9-10H2,1-2H3. The highest BCUT2D eigenvalue weighted by Crippen LogP contribution is 2.27. The molecule has 0 saturated heterocycles. The summed E-state index contributed by atoms with van der Waals surface area (Å²) in [4.78, 5) is 8.48. The third kappa shape index (κ3) is 4.32. The summed E-state index contributed by atoms with van der Waals surface area (Å²) in [6.07, 6.45) is 3.23. The fourth-order valence-corrected chi connectivity index (χ4v) is 2.04. The van der Waals surface area contributed by atoms with Gasteiger partial charge >= 0.3 is 0 Å². The van der Waals surface area contributed by atoms with Crippen LogP contribution in [0.15, 0.2) is 46.4 Å². The molecule has 0 spiro atoms. The van der Waals surface area contributed by atoms with Crippen molar-refractivity contribution in [2.75, 3.05) is 20.2 Å². The van der Waals surface area contributed by atoms with E-state index >= 15 is 0 Å². The van der Waals surface area contributed by atoms with E-state index in [0.29, 0.717) is 30.0 Å². The molecule has 5 nitrogen and oxygen atoms in total. The number of aromatic hydroxyl groups is 2. The summed E-state index contributed by atoms with van der Waals surface area (Å²) in [5, 5.41) is 19.8. The number of aliphatic imine (C=N–C) groups is 2. The van der Waals surface area contributed by atoms with Crippen molar-refractivity contribution < 1.29 is 14.9 Å². The van der Waals surface area contributed by atoms with Gasteiger partial charge in [0.2, 0.25) is 0 Å². The van der Waals surface area contributed by atoms with Crippen molar-refractivity contribution in [3.8, 4) is 17.2 Å². The molecule has 0 aliphatic heterocycles. The maximum atomic E-state index is 9.92. The van der Waals surface area contributed by atoms with Gasteiger partial charge in [-0.25, -0.2) is 0 Å². The lowest BCUT2D eigenvalue weighted by Gasteiger charge is -2.04. The van der Waals surface area contributed by atoms with Crippen LogP contribution in [0.2, 0.25) is 0 Å². The lowest BCUT2D eigenvalue weighted by Crippen LogP contribution is -1.92. The summed E-state index contributed by atoms with van der Waals surface area (Å²) in [5.41, 5.74) is 2.12. The molecule has 0 atom stereocenters. The highest BCUT2D eigenvalue weighted by atomic mass is 16.5. The molecule has 5 heteroatoms. The highest BCUT2D eigenvalue weighted by molar-refractivity contribution is 5.85. The van der Waals surface area contributed by atoms with Crippen molar-refractivity contribution in [1.29, 1.82) is 0 Å². The van der Waals surface area contributed by atoms with E-state index in [1.54, 1.807) is 30.6 Å². The second-order valence-electron chi connectivity index (χ2n) is 4.98. The maximum absolute atomic E-state index is 9.92. The van der Waals surface area contributed by atoms with Crippen molar-refractivity contribution in [3.63, 3.8) is 0 Å². The number of phenolic OH excluding ortho intramolecular Hbond substituents is 2. The molecule has 23 heavy (non-hydrogen) atoms. The first kappa shape index (κ1) is 16.5. The Morgan fingerprint density at radius 1 is 0.913 bits per heavy atom. The fraction of sp³-hybridized carbons (Fsp3) is 0.222. The molecule has 0 fully saturated rings. The number of phenols is 2. The minimum absolute atomic E-state index is 0.0759. The van der Waals surface area contributed by atoms with Gasteiger partial charge in [-0.1, -0.05) is 18.2 Å². The van der Waals surface area contributed by atoms with Crippen LogP contribution < -0.4 is 4.74 Å².